The number of carbonyl (C=O) groups excluding carboxylic acids is 1. The van der Waals surface area contributed by atoms with Crippen LogP contribution in [0, 0.1) is 5.92 Å². The zero-order chi connectivity index (χ0) is 21.8. The number of fused-ring (bicyclic) bond motifs is 2. The van der Waals surface area contributed by atoms with E-state index in [0.29, 0.717) is 41.6 Å². The largest absolute Gasteiger partial charge is 0.384 e. The molecule has 160 valence electrons. The van der Waals surface area contributed by atoms with Crippen LogP contribution in [0.3, 0.4) is 0 Å². The quantitative estimate of drug-likeness (QED) is 0.413. The van der Waals surface area contributed by atoms with Crippen molar-refractivity contribution in [3.05, 3.63) is 65.7 Å². The molecular formula is C25H29N5O. The molecule has 0 radical (unpaired) electrons. The lowest BCUT2D eigenvalue weighted by atomic mass is 10.1. The van der Waals surface area contributed by atoms with Gasteiger partial charge in [-0.25, -0.2) is 9.97 Å². The van der Waals surface area contributed by atoms with Gasteiger partial charge in [-0.15, -0.1) is 0 Å². The molecular weight excluding hydrogens is 386 g/mol. The van der Waals surface area contributed by atoms with Crippen molar-refractivity contribution in [1.82, 2.24) is 19.9 Å². The smallest absolute Gasteiger partial charge is 0.257 e. The van der Waals surface area contributed by atoms with Gasteiger partial charge in [0.1, 0.15) is 16.9 Å². The molecule has 2 aromatic heterocycles. The van der Waals surface area contributed by atoms with Gasteiger partial charge in [-0.1, -0.05) is 56.3 Å². The van der Waals surface area contributed by atoms with Crippen molar-refractivity contribution in [3.8, 4) is 0 Å². The Morgan fingerprint density at radius 1 is 1.03 bits per heavy atom. The Kier molecular flexibility index (Phi) is 6.16. The van der Waals surface area contributed by atoms with Crippen molar-refractivity contribution in [2.45, 2.75) is 39.7 Å². The highest BCUT2D eigenvalue weighted by Crippen LogP contribution is 2.28. The van der Waals surface area contributed by atoms with E-state index in [1.54, 1.807) is 0 Å². The van der Waals surface area contributed by atoms with Gasteiger partial charge < -0.3 is 15.6 Å². The van der Waals surface area contributed by atoms with Crippen LogP contribution >= 0.6 is 0 Å². The number of nitrogens with one attached hydrogen (secondary N) is 1. The van der Waals surface area contributed by atoms with Crippen LogP contribution in [0.1, 0.15) is 42.6 Å². The second-order valence-corrected chi connectivity index (χ2v) is 8.32. The Morgan fingerprint density at radius 3 is 2.42 bits per heavy atom. The summed E-state index contributed by atoms with van der Waals surface area (Å²) in [5.74, 6) is 0.760. The summed E-state index contributed by atoms with van der Waals surface area (Å²) in [4.78, 5) is 22.7. The number of amides is 1. The summed E-state index contributed by atoms with van der Waals surface area (Å²) in [6.07, 6.45) is 2.72. The first-order valence-corrected chi connectivity index (χ1v) is 10.9. The van der Waals surface area contributed by atoms with Crippen molar-refractivity contribution in [3.63, 3.8) is 0 Å². The SMILES string of the molecule is CC(C)CCn1c(N)c(C(=O)NCCCc2ccccc2)c2nc3ccccc3nc21. The predicted molar refractivity (Wildman–Crippen MR) is 126 cm³/mol. The van der Waals surface area contributed by atoms with Crippen LogP contribution in [0.15, 0.2) is 54.6 Å². The third-order valence-electron chi connectivity index (χ3n) is 5.52. The average molecular weight is 416 g/mol. The molecule has 6 heteroatoms. The summed E-state index contributed by atoms with van der Waals surface area (Å²) in [6, 6.07) is 18.0. The molecule has 4 aromatic rings. The van der Waals surface area contributed by atoms with Crippen LogP contribution in [-0.4, -0.2) is 27.0 Å². The number of aryl methyl sites for hydroxylation is 2. The number of benzene rings is 2. The number of nitrogens with zero attached hydrogens (tertiary/aromatic N) is 3. The molecule has 0 saturated carbocycles. The highest BCUT2D eigenvalue weighted by Gasteiger charge is 2.23. The Hall–Kier alpha value is -3.41. The molecule has 0 saturated heterocycles. The van der Waals surface area contributed by atoms with Crippen LogP contribution in [0.4, 0.5) is 5.82 Å². The number of hydrogen-bond acceptors (Lipinski definition) is 4. The minimum Gasteiger partial charge on any atom is -0.384 e. The van der Waals surface area contributed by atoms with Gasteiger partial charge in [-0.05, 0) is 42.9 Å². The molecule has 0 aliphatic heterocycles. The van der Waals surface area contributed by atoms with Crippen LogP contribution in [0.25, 0.3) is 22.2 Å². The zero-order valence-electron chi connectivity index (χ0n) is 18.1. The molecule has 4 rings (SSSR count). The second kappa shape index (κ2) is 9.16. The van der Waals surface area contributed by atoms with E-state index >= 15 is 0 Å². The molecule has 3 N–H and O–H groups in total. The van der Waals surface area contributed by atoms with Gasteiger partial charge in [0.05, 0.1) is 11.0 Å². The van der Waals surface area contributed by atoms with Gasteiger partial charge in [0.15, 0.2) is 5.65 Å². The molecule has 6 nitrogen and oxygen atoms in total. The van der Waals surface area contributed by atoms with E-state index < -0.39 is 0 Å². The number of carbonyl (C=O) groups is 1. The molecule has 2 heterocycles. The van der Waals surface area contributed by atoms with Crippen molar-refractivity contribution < 1.29 is 4.79 Å². The molecule has 0 atom stereocenters. The van der Waals surface area contributed by atoms with Gasteiger partial charge in [0.25, 0.3) is 5.91 Å². The van der Waals surface area contributed by atoms with Gasteiger partial charge in [-0.3, -0.25) is 4.79 Å². The summed E-state index contributed by atoms with van der Waals surface area (Å²) >= 11 is 0. The number of anilines is 1. The molecule has 0 bridgehead atoms. The van der Waals surface area contributed by atoms with Crippen molar-refractivity contribution in [2.24, 2.45) is 5.92 Å². The van der Waals surface area contributed by atoms with Crippen LogP contribution in [0.2, 0.25) is 0 Å². The number of nitrogen functional groups attached to an aromatic ring is 1. The maximum Gasteiger partial charge on any atom is 0.257 e. The van der Waals surface area contributed by atoms with Gasteiger partial charge >= 0.3 is 0 Å². The lowest BCUT2D eigenvalue weighted by Crippen LogP contribution is -2.25. The standard InChI is InChI=1S/C25H29N5O/c1-17(2)14-16-30-23(26)21(22-24(30)29-20-13-7-6-12-19(20)28-22)25(31)27-15-8-11-18-9-4-3-5-10-18/h3-7,9-10,12-13,17H,8,11,14-16,26H2,1-2H3,(H,27,31). The van der Waals surface area contributed by atoms with Gasteiger partial charge in [-0.2, -0.15) is 0 Å². The van der Waals surface area contributed by atoms with Crippen molar-refractivity contribution in [2.75, 3.05) is 12.3 Å². The number of aromatic nitrogens is 3. The number of hydrogen-bond donors (Lipinski definition) is 2. The third-order valence-corrected chi connectivity index (χ3v) is 5.52. The van der Waals surface area contributed by atoms with Crippen LogP contribution < -0.4 is 11.1 Å². The fourth-order valence-electron chi connectivity index (χ4n) is 3.78. The Balaban J connectivity index is 1.61. The summed E-state index contributed by atoms with van der Waals surface area (Å²) in [5, 5.41) is 3.03. The normalized spacial score (nSPS) is 11.5. The fourth-order valence-corrected chi connectivity index (χ4v) is 3.78. The first-order valence-electron chi connectivity index (χ1n) is 10.9. The Labute approximate surface area is 182 Å². The number of para-hydroxylation sites is 2. The van der Waals surface area contributed by atoms with Gasteiger partial charge in [0.2, 0.25) is 0 Å². The Morgan fingerprint density at radius 2 is 1.71 bits per heavy atom. The van der Waals surface area contributed by atoms with E-state index in [1.807, 2.05) is 47.0 Å². The highest BCUT2D eigenvalue weighted by molar-refractivity contribution is 6.10. The summed E-state index contributed by atoms with van der Waals surface area (Å²) in [6.45, 7) is 5.62. The molecule has 31 heavy (non-hydrogen) atoms. The summed E-state index contributed by atoms with van der Waals surface area (Å²) in [7, 11) is 0. The monoisotopic (exact) mass is 415 g/mol. The fraction of sp³-hybridized carbons (Fsp3) is 0.320. The van der Waals surface area contributed by atoms with Gasteiger partial charge in [0, 0.05) is 13.1 Å². The van der Waals surface area contributed by atoms with Crippen LogP contribution in [-0.2, 0) is 13.0 Å². The molecule has 0 spiro atoms. The maximum atomic E-state index is 13.1. The molecule has 0 fully saturated rings. The molecule has 1 amide bonds. The topological polar surface area (TPSA) is 85.8 Å². The van der Waals surface area contributed by atoms with E-state index in [2.05, 4.69) is 31.3 Å². The zero-order valence-corrected chi connectivity index (χ0v) is 18.1. The van der Waals surface area contributed by atoms with E-state index in [9.17, 15) is 4.79 Å². The average Bonchev–Trinajstić information content (AvgIpc) is 3.04. The van der Waals surface area contributed by atoms with Crippen molar-refractivity contribution in [1.29, 1.82) is 0 Å². The lowest BCUT2D eigenvalue weighted by Gasteiger charge is -2.10. The summed E-state index contributed by atoms with van der Waals surface area (Å²) < 4.78 is 1.94. The Bertz CT molecular complexity index is 1200. The van der Waals surface area contributed by atoms with E-state index in [-0.39, 0.29) is 5.91 Å². The second-order valence-electron chi connectivity index (χ2n) is 8.32. The lowest BCUT2D eigenvalue weighted by molar-refractivity contribution is 0.0955. The van der Waals surface area contributed by atoms with Crippen molar-refractivity contribution >= 4 is 33.9 Å². The third kappa shape index (κ3) is 4.53. The minimum absolute atomic E-state index is 0.191. The van der Waals surface area contributed by atoms with E-state index in [0.717, 1.165) is 30.3 Å². The predicted octanol–water partition coefficient (Wildman–Crippen LogP) is 4.58. The highest BCUT2D eigenvalue weighted by atomic mass is 16.1. The first-order chi connectivity index (χ1) is 15.0. The molecule has 0 aliphatic carbocycles. The summed E-state index contributed by atoms with van der Waals surface area (Å²) in [5.41, 5.74) is 11.0. The minimum atomic E-state index is -0.191. The maximum absolute atomic E-state index is 13.1. The molecule has 0 unspecified atom stereocenters. The van der Waals surface area contributed by atoms with Crippen LogP contribution in [0.5, 0.6) is 0 Å². The van der Waals surface area contributed by atoms with E-state index in [4.69, 9.17) is 15.7 Å². The molecule has 2 aromatic carbocycles. The first kappa shape index (κ1) is 20.8. The number of nitrogens with two attached hydrogens (primary N) is 1. The number of rotatable bonds is 8. The molecule has 0 aliphatic rings. The van der Waals surface area contributed by atoms with E-state index in [1.165, 1.54) is 5.56 Å².